The Bertz CT molecular complexity index is 465. The standard InChI is InChI=1S/C10H12N4OS2/c1-2-4-10-9(3-1)11-14(12-10)17-16-13-5-7-15-8-6-13/h1-4H,5-8H2. The molecule has 0 atom stereocenters. The minimum atomic E-state index is 0.808. The lowest BCUT2D eigenvalue weighted by molar-refractivity contribution is 0.0779. The molecular weight excluding hydrogens is 256 g/mol. The van der Waals surface area contributed by atoms with Crippen LogP contribution in [0.4, 0.5) is 0 Å². The molecule has 0 unspecified atom stereocenters. The van der Waals surface area contributed by atoms with Gasteiger partial charge in [0, 0.05) is 24.1 Å². The molecule has 1 aromatic heterocycles. The van der Waals surface area contributed by atoms with E-state index < -0.39 is 0 Å². The van der Waals surface area contributed by atoms with Crippen molar-refractivity contribution < 1.29 is 4.74 Å². The molecule has 3 rings (SSSR count). The van der Waals surface area contributed by atoms with Crippen LogP contribution in [-0.4, -0.2) is 45.0 Å². The van der Waals surface area contributed by atoms with E-state index in [9.17, 15) is 0 Å². The van der Waals surface area contributed by atoms with Gasteiger partial charge in [0.05, 0.1) is 24.2 Å². The van der Waals surface area contributed by atoms with Gasteiger partial charge in [-0.1, -0.05) is 12.1 Å². The van der Waals surface area contributed by atoms with Crippen molar-refractivity contribution >= 4 is 33.0 Å². The minimum Gasteiger partial charge on any atom is -0.379 e. The molecule has 0 N–H and O–H groups in total. The normalized spacial score (nSPS) is 17.6. The van der Waals surface area contributed by atoms with Gasteiger partial charge in [0.25, 0.3) is 0 Å². The molecule has 0 spiro atoms. The van der Waals surface area contributed by atoms with Crippen LogP contribution in [0, 0.1) is 0 Å². The number of ether oxygens (including phenoxy) is 1. The van der Waals surface area contributed by atoms with Crippen molar-refractivity contribution in [3.8, 4) is 0 Å². The van der Waals surface area contributed by atoms with Gasteiger partial charge in [0.1, 0.15) is 11.0 Å². The second-order valence-corrected chi connectivity index (χ2v) is 5.67. The summed E-state index contributed by atoms with van der Waals surface area (Å²) in [4.78, 5) is 0. The topological polar surface area (TPSA) is 43.2 Å². The minimum absolute atomic E-state index is 0.808. The van der Waals surface area contributed by atoms with Crippen molar-refractivity contribution in [2.45, 2.75) is 0 Å². The van der Waals surface area contributed by atoms with Crippen LogP contribution in [0.5, 0.6) is 0 Å². The molecule has 1 aliphatic heterocycles. The SMILES string of the molecule is c1ccc2nn(SSN3CCOCC3)nc2c1. The molecular formula is C10H12N4OS2. The molecule has 0 amide bonds. The van der Waals surface area contributed by atoms with Gasteiger partial charge in [-0.3, -0.25) is 0 Å². The third-order valence-corrected chi connectivity index (χ3v) is 4.62. The van der Waals surface area contributed by atoms with Crippen molar-refractivity contribution in [3.63, 3.8) is 0 Å². The van der Waals surface area contributed by atoms with Crippen molar-refractivity contribution in [2.75, 3.05) is 26.3 Å². The van der Waals surface area contributed by atoms with E-state index >= 15 is 0 Å². The smallest absolute Gasteiger partial charge is 0.114 e. The van der Waals surface area contributed by atoms with Crippen LogP contribution in [0.15, 0.2) is 24.3 Å². The van der Waals surface area contributed by atoms with E-state index in [2.05, 4.69) is 14.5 Å². The Morgan fingerprint density at radius 3 is 2.29 bits per heavy atom. The summed E-state index contributed by atoms with van der Waals surface area (Å²) in [6, 6.07) is 7.89. The predicted molar refractivity (Wildman–Crippen MR) is 70.5 cm³/mol. The molecule has 0 saturated carbocycles. The molecule has 90 valence electrons. The summed E-state index contributed by atoms with van der Waals surface area (Å²) in [5, 5.41) is 8.77. The lowest BCUT2D eigenvalue weighted by Crippen LogP contribution is -2.30. The molecule has 2 aromatic rings. The first-order valence-corrected chi connectivity index (χ1v) is 7.48. The summed E-state index contributed by atoms with van der Waals surface area (Å²) >= 11 is 0. The van der Waals surface area contributed by atoms with E-state index in [1.165, 1.54) is 11.0 Å². The monoisotopic (exact) mass is 268 g/mol. The number of hydrogen-bond acceptors (Lipinski definition) is 6. The van der Waals surface area contributed by atoms with E-state index in [0.29, 0.717) is 0 Å². The summed E-state index contributed by atoms with van der Waals surface area (Å²) in [6.45, 7) is 3.53. The summed E-state index contributed by atoms with van der Waals surface area (Å²) in [5.74, 6) is 0. The highest BCUT2D eigenvalue weighted by Gasteiger charge is 2.12. The maximum Gasteiger partial charge on any atom is 0.114 e. The predicted octanol–water partition coefficient (Wildman–Crippen LogP) is 1.82. The quantitative estimate of drug-likeness (QED) is 0.625. The van der Waals surface area contributed by atoms with Crippen LogP contribution in [0.2, 0.25) is 0 Å². The fourth-order valence-electron chi connectivity index (χ4n) is 1.57. The van der Waals surface area contributed by atoms with E-state index in [1.54, 1.807) is 15.2 Å². The second-order valence-electron chi connectivity index (χ2n) is 3.63. The Labute approximate surface area is 107 Å². The van der Waals surface area contributed by atoms with Crippen LogP contribution in [0.1, 0.15) is 0 Å². The molecule has 0 bridgehead atoms. The van der Waals surface area contributed by atoms with E-state index in [0.717, 1.165) is 37.3 Å². The molecule has 5 nitrogen and oxygen atoms in total. The zero-order chi connectivity index (χ0) is 11.5. The first kappa shape index (κ1) is 11.3. The zero-order valence-corrected chi connectivity index (χ0v) is 10.8. The number of benzene rings is 1. The number of aromatic nitrogens is 3. The summed E-state index contributed by atoms with van der Waals surface area (Å²) < 4.78 is 9.23. The summed E-state index contributed by atoms with van der Waals surface area (Å²) in [5.41, 5.74) is 1.87. The lowest BCUT2D eigenvalue weighted by atomic mass is 10.3. The molecule has 1 aliphatic rings. The average molecular weight is 268 g/mol. The highest BCUT2D eigenvalue weighted by molar-refractivity contribution is 8.75. The van der Waals surface area contributed by atoms with E-state index in [1.807, 2.05) is 24.3 Å². The van der Waals surface area contributed by atoms with Crippen LogP contribution in [0.3, 0.4) is 0 Å². The lowest BCUT2D eigenvalue weighted by Gasteiger charge is -2.23. The highest BCUT2D eigenvalue weighted by Crippen LogP contribution is 2.27. The Morgan fingerprint density at radius 2 is 1.65 bits per heavy atom. The molecule has 7 heteroatoms. The fraction of sp³-hybridized carbons (Fsp3) is 0.400. The van der Waals surface area contributed by atoms with Gasteiger partial charge >= 0.3 is 0 Å². The van der Waals surface area contributed by atoms with Crippen molar-refractivity contribution in [2.24, 2.45) is 0 Å². The van der Waals surface area contributed by atoms with Crippen LogP contribution in [0.25, 0.3) is 11.0 Å². The van der Waals surface area contributed by atoms with Gasteiger partial charge in [-0.2, -0.15) is 0 Å². The van der Waals surface area contributed by atoms with E-state index in [4.69, 9.17) is 4.74 Å². The number of hydrogen-bond donors (Lipinski definition) is 0. The van der Waals surface area contributed by atoms with Crippen LogP contribution >= 0.6 is 22.0 Å². The van der Waals surface area contributed by atoms with Gasteiger partial charge in [-0.25, -0.2) is 4.31 Å². The molecule has 2 heterocycles. The number of rotatable bonds is 3. The maximum absolute atomic E-state index is 5.30. The van der Waals surface area contributed by atoms with Crippen molar-refractivity contribution in [1.29, 1.82) is 0 Å². The van der Waals surface area contributed by atoms with E-state index in [-0.39, 0.29) is 0 Å². The van der Waals surface area contributed by atoms with Gasteiger partial charge in [0.2, 0.25) is 0 Å². The molecule has 1 fully saturated rings. The zero-order valence-electron chi connectivity index (χ0n) is 9.15. The third-order valence-electron chi connectivity index (χ3n) is 2.44. The Kier molecular flexibility index (Phi) is 3.51. The maximum atomic E-state index is 5.30. The van der Waals surface area contributed by atoms with Gasteiger partial charge in [-0.05, 0) is 12.1 Å². The molecule has 0 radical (unpaired) electrons. The first-order chi connectivity index (χ1) is 8.42. The van der Waals surface area contributed by atoms with Crippen molar-refractivity contribution in [3.05, 3.63) is 24.3 Å². The Morgan fingerprint density at radius 1 is 1.00 bits per heavy atom. The molecule has 1 saturated heterocycles. The summed E-state index contributed by atoms with van der Waals surface area (Å²) in [6.07, 6.45) is 0. The number of morpholine rings is 1. The van der Waals surface area contributed by atoms with Crippen molar-refractivity contribution in [1.82, 2.24) is 18.7 Å². The first-order valence-electron chi connectivity index (χ1n) is 5.42. The highest BCUT2D eigenvalue weighted by atomic mass is 33.1. The fourth-order valence-corrected chi connectivity index (χ4v) is 3.37. The number of nitrogens with zero attached hydrogens (tertiary/aromatic N) is 4. The van der Waals surface area contributed by atoms with Gasteiger partial charge in [-0.15, -0.1) is 14.4 Å². The molecule has 1 aromatic carbocycles. The third kappa shape index (κ3) is 2.74. The van der Waals surface area contributed by atoms with Crippen LogP contribution in [-0.2, 0) is 4.74 Å². The Hall–Kier alpha value is -0.760. The van der Waals surface area contributed by atoms with Gasteiger partial charge < -0.3 is 4.74 Å². The van der Waals surface area contributed by atoms with Gasteiger partial charge in [0.15, 0.2) is 0 Å². The Balaban J connectivity index is 1.64. The molecule has 0 aliphatic carbocycles. The average Bonchev–Trinajstić information content (AvgIpc) is 2.80. The largest absolute Gasteiger partial charge is 0.379 e. The second kappa shape index (κ2) is 5.26. The summed E-state index contributed by atoms with van der Waals surface area (Å²) in [7, 11) is 3.21. The van der Waals surface area contributed by atoms with Crippen LogP contribution < -0.4 is 0 Å². The number of fused-ring (bicyclic) bond motifs is 1. The molecule has 17 heavy (non-hydrogen) atoms.